The molecule has 1 saturated carbocycles. The van der Waals surface area contributed by atoms with Crippen molar-refractivity contribution in [3.05, 3.63) is 38.9 Å². The normalized spacial score (nSPS) is 14.2. The number of nitro groups is 1. The van der Waals surface area contributed by atoms with Gasteiger partial charge in [0.1, 0.15) is 5.56 Å². The minimum Gasteiger partial charge on any atom is -0.338 e. The molecule has 102 valence electrons. The lowest BCUT2D eigenvalue weighted by molar-refractivity contribution is -0.385. The van der Waals surface area contributed by atoms with E-state index in [0.717, 1.165) is 12.8 Å². The van der Waals surface area contributed by atoms with Gasteiger partial charge in [-0.3, -0.25) is 14.9 Å². The monoisotopic (exact) mass is 282 g/mol. The maximum Gasteiger partial charge on any atom is 0.282 e. The first-order chi connectivity index (χ1) is 9.02. The summed E-state index contributed by atoms with van der Waals surface area (Å²) in [5.74, 6) is 0.228. The second kappa shape index (κ2) is 5.57. The fourth-order valence-corrected chi connectivity index (χ4v) is 2.15. The largest absolute Gasteiger partial charge is 0.338 e. The van der Waals surface area contributed by atoms with E-state index in [2.05, 4.69) is 0 Å². The van der Waals surface area contributed by atoms with Crippen molar-refractivity contribution in [1.82, 2.24) is 4.90 Å². The summed E-state index contributed by atoms with van der Waals surface area (Å²) in [7, 11) is 0. The standard InChI is InChI=1S/C13H15ClN2O3/c1-2-15(8-9-3-4-9)13(17)11-7-10(14)5-6-12(11)16(18)19/h5-7,9H,2-4,8H2,1H3. The third kappa shape index (κ3) is 3.23. The third-order valence-corrected chi connectivity index (χ3v) is 3.47. The Morgan fingerprint density at radius 3 is 2.74 bits per heavy atom. The Balaban J connectivity index is 2.29. The van der Waals surface area contributed by atoms with Gasteiger partial charge in [-0.2, -0.15) is 0 Å². The van der Waals surface area contributed by atoms with Gasteiger partial charge in [-0.25, -0.2) is 0 Å². The van der Waals surface area contributed by atoms with Crippen LogP contribution in [0.1, 0.15) is 30.1 Å². The molecule has 1 aromatic carbocycles. The van der Waals surface area contributed by atoms with Crippen LogP contribution in [0.2, 0.25) is 5.02 Å². The van der Waals surface area contributed by atoms with E-state index in [1.54, 1.807) is 4.90 Å². The summed E-state index contributed by atoms with van der Waals surface area (Å²) in [5, 5.41) is 11.3. The minimum atomic E-state index is -0.547. The molecule has 19 heavy (non-hydrogen) atoms. The maximum absolute atomic E-state index is 12.4. The average molecular weight is 283 g/mol. The maximum atomic E-state index is 12.4. The van der Waals surface area contributed by atoms with Crippen LogP contribution >= 0.6 is 11.6 Å². The van der Waals surface area contributed by atoms with Gasteiger partial charge in [0.25, 0.3) is 11.6 Å². The molecule has 1 amide bonds. The Kier molecular flexibility index (Phi) is 4.04. The van der Waals surface area contributed by atoms with E-state index in [1.165, 1.54) is 18.2 Å². The zero-order valence-corrected chi connectivity index (χ0v) is 11.4. The van der Waals surface area contributed by atoms with E-state index in [1.807, 2.05) is 6.92 Å². The van der Waals surface area contributed by atoms with Crippen molar-refractivity contribution in [2.45, 2.75) is 19.8 Å². The van der Waals surface area contributed by atoms with Gasteiger partial charge in [0.2, 0.25) is 0 Å². The molecule has 0 radical (unpaired) electrons. The molecule has 0 heterocycles. The molecule has 1 fully saturated rings. The molecule has 0 aromatic heterocycles. The number of nitrogens with zero attached hydrogens (tertiary/aromatic N) is 2. The number of hydrogen-bond donors (Lipinski definition) is 0. The minimum absolute atomic E-state index is 0.0694. The first kappa shape index (κ1) is 13.8. The molecular weight excluding hydrogens is 268 g/mol. The number of carbonyl (C=O) groups excluding carboxylic acids is 1. The molecule has 0 bridgehead atoms. The van der Waals surface area contributed by atoms with Crippen LogP contribution in [0.3, 0.4) is 0 Å². The fraction of sp³-hybridized carbons (Fsp3) is 0.462. The first-order valence-electron chi connectivity index (χ1n) is 6.26. The van der Waals surface area contributed by atoms with Crippen LogP contribution in [0.5, 0.6) is 0 Å². The molecule has 2 rings (SSSR count). The van der Waals surface area contributed by atoms with Crippen molar-refractivity contribution < 1.29 is 9.72 Å². The molecule has 0 N–H and O–H groups in total. The molecule has 1 aliphatic carbocycles. The van der Waals surface area contributed by atoms with E-state index in [9.17, 15) is 14.9 Å². The average Bonchev–Trinajstić information content (AvgIpc) is 3.18. The molecular formula is C13H15ClN2O3. The van der Waals surface area contributed by atoms with Crippen molar-refractivity contribution in [2.24, 2.45) is 5.92 Å². The number of halogens is 1. The zero-order chi connectivity index (χ0) is 14.0. The third-order valence-electron chi connectivity index (χ3n) is 3.23. The number of carbonyl (C=O) groups is 1. The summed E-state index contributed by atoms with van der Waals surface area (Å²) < 4.78 is 0. The Hall–Kier alpha value is -1.62. The number of hydrogen-bond acceptors (Lipinski definition) is 3. The van der Waals surface area contributed by atoms with Crippen LogP contribution in [-0.4, -0.2) is 28.8 Å². The highest BCUT2D eigenvalue weighted by molar-refractivity contribution is 6.31. The van der Waals surface area contributed by atoms with Gasteiger partial charge in [0.05, 0.1) is 4.92 Å². The summed E-state index contributed by atoms with van der Waals surface area (Å²) in [6.45, 7) is 3.08. The summed E-state index contributed by atoms with van der Waals surface area (Å²) in [4.78, 5) is 24.5. The number of amides is 1. The van der Waals surface area contributed by atoms with Gasteiger partial charge in [-0.15, -0.1) is 0 Å². The van der Waals surface area contributed by atoms with E-state index in [0.29, 0.717) is 24.0 Å². The van der Waals surface area contributed by atoms with E-state index in [-0.39, 0.29) is 17.2 Å². The molecule has 0 atom stereocenters. The van der Waals surface area contributed by atoms with E-state index < -0.39 is 4.92 Å². The van der Waals surface area contributed by atoms with Gasteiger partial charge in [0.15, 0.2) is 0 Å². The SMILES string of the molecule is CCN(CC1CC1)C(=O)c1cc(Cl)ccc1[N+](=O)[O-]. The molecule has 1 aliphatic rings. The van der Waals surface area contributed by atoms with Crippen LogP contribution in [-0.2, 0) is 0 Å². The van der Waals surface area contributed by atoms with E-state index >= 15 is 0 Å². The second-order valence-electron chi connectivity index (χ2n) is 4.71. The van der Waals surface area contributed by atoms with Crippen LogP contribution in [0.25, 0.3) is 0 Å². The summed E-state index contributed by atoms with van der Waals surface area (Å²) >= 11 is 5.84. The van der Waals surface area contributed by atoms with Crippen LogP contribution in [0.4, 0.5) is 5.69 Å². The molecule has 0 aliphatic heterocycles. The fourth-order valence-electron chi connectivity index (χ4n) is 1.98. The first-order valence-corrected chi connectivity index (χ1v) is 6.64. The van der Waals surface area contributed by atoms with Crippen molar-refractivity contribution >= 4 is 23.2 Å². The van der Waals surface area contributed by atoms with Gasteiger partial charge in [-0.05, 0) is 37.8 Å². The Labute approximate surface area is 116 Å². The Morgan fingerprint density at radius 2 is 2.21 bits per heavy atom. The van der Waals surface area contributed by atoms with Crippen molar-refractivity contribution in [3.8, 4) is 0 Å². The Morgan fingerprint density at radius 1 is 1.53 bits per heavy atom. The predicted octanol–water partition coefficient (Wildman–Crippen LogP) is 3.12. The lowest BCUT2D eigenvalue weighted by Crippen LogP contribution is -2.33. The number of nitro benzene ring substituents is 1. The summed E-state index contributed by atoms with van der Waals surface area (Å²) in [6, 6.07) is 4.08. The Bertz CT molecular complexity index is 515. The van der Waals surface area contributed by atoms with Gasteiger partial charge >= 0.3 is 0 Å². The lowest BCUT2D eigenvalue weighted by atomic mass is 10.1. The van der Waals surface area contributed by atoms with Crippen LogP contribution < -0.4 is 0 Å². The van der Waals surface area contributed by atoms with Crippen molar-refractivity contribution in [3.63, 3.8) is 0 Å². The zero-order valence-electron chi connectivity index (χ0n) is 10.6. The highest BCUT2D eigenvalue weighted by Crippen LogP contribution is 2.31. The van der Waals surface area contributed by atoms with Crippen LogP contribution in [0, 0.1) is 16.0 Å². The predicted molar refractivity (Wildman–Crippen MR) is 72.4 cm³/mol. The molecule has 0 saturated heterocycles. The lowest BCUT2D eigenvalue weighted by Gasteiger charge is -2.20. The topological polar surface area (TPSA) is 63.5 Å². The molecule has 0 spiro atoms. The van der Waals surface area contributed by atoms with Gasteiger partial charge < -0.3 is 4.90 Å². The quantitative estimate of drug-likeness (QED) is 0.616. The van der Waals surface area contributed by atoms with Gasteiger partial charge in [-0.1, -0.05) is 11.6 Å². The van der Waals surface area contributed by atoms with Crippen LogP contribution in [0.15, 0.2) is 18.2 Å². The van der Waals surface area contributed by atoms with Crippen molar-refractivity contribution in [2.75, 3.05) is 13.1 Å². The highest BCUT2D eigenvalue weighted by Gasteiger charge is 2.29. The summed E-state index contributed by atoms with van der Waals surface area (Å²) in [5.41, 5.74) is -0.122. The van der Waals surface area contributed by atoms with Gasteiger partial charge in [0, 0.05) is 24.2 Å². The molecule has 6 heteroatoms. The molecule has 5 nitrogen and oxygen atoms in total. The molecule has 0 unspecified atom stereocenters. The highest BCUT2D eigenvalue weighted by atomic mass is 35.5. The smallest absolute Gasteiger partial charge is 0.282 e. The summed E-state index contributed by atoms with van der Waals surface area (Å²) in [6.07, 6.45) is 2.25. The second-order valence-corrected chi connectivity index (χ2v) is 5.14. The van der Waals surface area contributed by atoms with Crippen molar-refractivity contribution in [1.29, 1.82) is 0 Å². The number of rotatable bonds is 5. The molecule has 1 aromatic rings. The van der Waals surface area contributed by atoms with E-state index in [4.69, 9.17) is 11.6 Å². The number of benzene rings is 1.